The van der Waals surface area contributed by atoms with E-state index in [2.05, 4.69) is 15.3 Å². The summed E-state index contributed by atoms with van der Waals surface area (Å²) in [6, 6.07) is 9.23. The van der Waals surface area contributed by atoms with Crippen molar-refractivity contribution in [2.75, 3.05) is 5.32 Å². The van der Waals surface area contributed by atoms with Crippen LogP contribution in [0.25, 0.3) is 11.3 Å². The molecular weight excluding hydrogens is 367 g/mol. The Hall–Kier alpha value is -3.22. The van der Waals surface area contributed by atoms with E-state index in [9.17, 15) is 18.0 Å². The molecule has 0 atom stereocenters. The van der Waals surface area contributed by atoms with Crippen molar-refractivity contribution in [2.24, 2.45) is 0 Å². The number of anilines is 1. The van der Waals surface area contributed by atoms with Crippen LogP contribution < -0.4 is 5.32 Å². The Morgan fingerprint density at radius 3 is 2.46 bits per heavy atom. The van der Waals surface area contributed by atoms with E-state index in [-0.39, 0.29) is 12.2 Å². The van der Waals surface area contributed by atoms with Crippen LogP contribution in [0.4, 0.5) is 19.0 Å². The zero-order valence-electron chi connectivity index (χ0n) is 15.2. The molecule has 144 valence electrons. The number of nitrogens with zero attached hydrogens (tertiary/aromatic N) is 2. The number of aromatic nitrogens is 2. The number of carbonyl (C=O) groups excluding carboxylic acids is 1. The van der Waals surface area contributed by atoms with Gasteiger partial charge in [-0.15, -0.1) is 0 Å². The van der Waals surface area contributed by atoms with Crippen LogP contribution in [0, 0.1) is 17.5 Å². The van der Waals surface area contributed by atoms with Gasteiger partial charge in [-0.1, -0.05) is 19.4 Å². The molecule has 28 heavy (non-hydrogen) atoms. The lowest BCUT2D eigenvalue weighted by Crippen LogP contribution is -2.17. The van der Waals surface area contributed by atoms with E-state index < -0.39 is 17.5 Å². The summed E-state index contributed by atoms with van der Waals surface area (Å²) >= 11 is 0. The molecule has 0 saturated heterocycles. The van der Waals surface area contributed by atoms with Gasteiger partial charge in [0.05, 0.1) is 24.0 Å². The van der Waals surface area contributed by atoms with Crippen molar-refractivity contribution in [3.8, 4) is 11.3 Å². The first-order valence-corrected chi connectivity index (χ1v) is 8.82. The normalized spacial score (nSPS) is 10.7. The molecule has 2 aromatic carbocycles. The minimum Gasteiger partial charge on any atom is -0.309 e. The fourth-order valence-electron chi connectivity index (χ4n) is 2.71. The summed E-state index contributed by atoms with van der Waals surface area (Å²) in [5.41, 5.74) is 2.24. The lowest BCUT2D eigenvalue weighted by atomic mass is 10.1. The van der Waals surface area contributed by atoms with Crippen molar-refractivity contribution in [1.82, 2.24) is 9.97 Å². The number of benzene rings is 2. The van der Waals surface area contributed by atoms with Crippen LogP contribution in [0.2, 0.25) is 0 Å². The summed E-state index contributed by atoms with van der Waals surface area (Å²) in [6.45, 7) is 1.97. The second kappa shape index (κ2) is 8.65. The predicted octanol–water partition coefficient (Wildman–Crippen LogP) is 4.69. The van der Waals surface area contributed by atoms with E-state index in [1.165, 1.54) is 24.4 Å². The highest BCUT2D eigenvalue weighted by Crippen LogP contribution is 2.21. The maximum atomic E-state index is 13.3. The van der Waals surface area contributed by atoms with Gasteiger partial charge in [0, 0.05) is 5.56 Å². The molecule has 0 unspecified atom stereocenters. The highest BCUT2D eigenvalue weighted by atomic mass is 19.2. The average molecular weight is 385 g/mol. The lowest BCUT2D eigenvalue weighted by Gasteiger charge is -2.11. The summed E-state index contributed by atoms with van der Waals surface area (Å²) in [7, 11) is 0. The zero-order valence-corrected chi connectivity index (χ0v) is 15.2. The molecule has 0 aliphatic rings. The Morgan fingerprint density at radius 2 is 1.79 bits per heavy atom. The molecule has 0 fully saturated rings. The molecular formula is C21H18F3N3O. The van der Waals surface area contributed by atoms with Gasteiger partial charge in [0.2, 0.25) is 5.91 Å². The van der Waals surface area contributed by atoms with Gasteiger partial charge in [0.25, 0.3) is 0 Å². The molecule has 0 bridgehead atoms. The van der Waals surface area contributed by atoms with Crippen molar-refractivity contribution in [3.63, 3.8) is 0 Å². The summed E-state index contributed by atoms with van der Waals surface area (Å²) in [5, 5.41) is 2.68. The molecule has 3 aromatic rings. The topological polar surface area (TPSA) is 54.9 Å². The molecule has 1 heterocycles. The van der Waals surface area contributed by atoms with Gasteiger partial charge < -0.3 is 5.32 Å². The van der Waals surface area contributed by atoms with Crippen LogP contribution in [0.1, 0.15) is 24.6 Å². The quantitative estimate of drug-likeness (QED) is 0.670. The predicted molar refractivity (Wildman–Crippen MR) is 100 cm³/mol. The van der Waals surface area contributed by atoms with Gasteiger partial charge in [-0.25, -0.2) is 23.1 Å². The molecule has 1 amide bonds. The average Bonchev–Trinajstić information content (AvgIpc) is 2.67. The highest BCUT2D eigenvalue weighted by molar-refractivity contribution is 5.92. The molecule has 0 saturated carbocycles. The van der Waals surface area contributed by atoms with E-state index in [0.717, 1.165) is 18.6 Å². The number of hydrogen-bond donors (Lipinski definition) is 1. The van der Waals surface area contributed by atoms with Crippen LogP contribution >= 0.6 is 0 Å². The van der Waals surface area contributed by atoms with Crippen molar-refractivity contribution in [2.45, 2.75) is 26.2 Å². The number of aryl methyl sites for hydroxylation is 1. The van der Waals surface area contributed by atoms with E-state index in [0.29, 0.717) is 34.8 Å². The highest BCUT2D eigenvalue weighted by Gasteiger charge is 2.13. The fourth-order valence-corrected chi connectivity index (χ4v) is 2.71. The van der Waals surface area contributed by atoms with E-state index in [4.69, 9.17) is 0 Å². The number of hydrogen-bond acceptors (Lipinski definition) is 3. The van der Waals surface area contributed by atoms with Gasteiger partial charge in [-0.2, -0.15) is 0 Å². The number of rotatable bonds is 6. The summed E-state index contributed by atoms with van der Waals surface area (Å²) in [4.78, 5) is 21.1. The van der Waals surface area contributed by atoms with E-state index >= 15 is 0 Å². The number of amides is 1. The molecule has 4 nitrogen and oxygen atoms in total. The first kappa shape index (κ1) is 19.5. The summed E-state index contributed by atoms with van der Waals surface area (Å²) in [6.07, 6.45) is 2.75. The molecule has 0 aliphatic carbocycles. The molecule has 7 heteroatoms. The Morgan fingerprint density at radius 1 is 1.04 bits per heavy atom. The van der Waals surface area contributed by atoms with Gasteiger partial charge >= 0.3 is 0 Å². The molecule has 3 rings (SSSR count). The smallest absolute Gasteiger partial charge is 0.229 e. The monoisotopic (exact) mass is 385 g/mol. The minimum atomic E-state index is -1.000. The summed E-state index contributed by atoms with van der Waals surface area (Å²) < 4.78 is 39.4. The Kier molecular flexibility index (Phi) is 6.03. The van der Waals surface area contributed by atoms with Crippen LogP contribution in [0.15, 0.2) is 48.7 Å². The molecule has 1 N–H and O–H groups in total. The van der Waals surface area contributed by atoms with Crippen LogP contribution in [-0.4, -0.2) is 15.9 Å². The lowest BCUT2D eigenvalue weighted by molar-refractivity contribution is -0.115. The maximum absolute atomic E-state index is 13.3. The first-order chi connectivity index (χ1) is 13.5. The zero-order chi connectivity index (χ0) is 20.1. The standard InChI is InChI=1S/C21H18F3N3O/c1-2-3-18-21(25-12-19(26-18)14-5-7-15(22)8-6-14)27-20(28)11-13-4-9-16(23)17(24)10-13/h4-10,12H,2-3,11H2,1H3,(H,25,27,28). The Balaban J connectivity index is 1.79. The Bertz CT molecular complexity index is 991. The number of carbonyl (C=O) groups is 1. The summed E-state index contributed by atoms with van der Waals surface area (Å²) in [5.74, 6) is -2.39. The Labute approximate surface area is 160 Å². The largest absolute Gasteiger partial charge is 0.309 e. The second-order valence-electron chi connectivity index (χ2n) is 6.28. The fraction of sp³-hybridized carbons (Fsp3) is 0.190. The van der Waals surface area contributed by atoms with Crippen LogP contribution in [-0.2, 0) is 17.6 Å². The third-order valence-corrected chi connectivity index (χ3v) is 4.08. The van der Waals surface area contributed by atoms with E-state index in [1.807, 2.05) is 6.92 Å². The van der Waals surface area contributed by atoms with Crippen molar-refractivity contribution >= 4 is 11.7 Å². The SMILES string of the molecule is CCCc1nc(-c2ccc(F)cc2)cnc1NC(=O)Cc1ccc(F)c(F)c1. The van der Waals surface area contributed by atoms with Gasteiger partial charge in [-0.05, 0) is 48.4 Å². The number of halogens is 3. The minimum absolute atomic E-state index is 0.121. The first-order valence-electron chi connectivity index (χ1n) is 8.82. The number of nitrogens with one attached hydrogen (secondary N) is 1. The van der Waals surface area contributed by atoms with Crippen molar-refractivity contribution < 1.29 is 18.0 Å². The molecule has 0 aliphatic heterocycles. The van der Waals surface area contributed by atoms with Crippen LogP contribution in [0.5, 0.6) is 0 Å². The van der Waals surface area contributed by atoms with Crippen molar-refractivity contribution in [3.05, 3.63) is 77.4 Å². The van der Waals surface area contributed by atoms with Crippen LogP contribution in [0.3, 0.4) is 0 Å². The second-order valence-corrected chi connectivity index (χ2v) is 6.28. The molecule has 1 aromatic heterocycles. The third-order valence-electron chi connectivity index (χ3n) is 4.08. The van der Waals surface area contributed by atoms with Gasteiger partial charge in [0.15, 0.2) is 17.5 Å². The molecule has 0 spiro atoms. The third kappa shape index (κ3) is 4.73. The van der Waals surface area contributed by atoms with Gasteiger partial charge in [0.1, 0.15) is 5.82 Å². The van der Waals surface area contributed by atoms with Crippen molar-refractivity contribution in [1.29, 1.82) is 0 Å². The van der Waals surface area contributed by atoms with E-state index in [1.54, 1.807) is 12.1 Å². The maximum Gasteiger partial charge on any atom is 0.229 e. The molecule has 0 radical (unpaired) electrons. The van der Waals surface area contributed by atoms with Gasteiger partial charge in [-0.3, -0.25) is 4.79 Å².